The monoisotopic (exact) mass is 433 g/mol. The molecule has 0 fully saturated rings. The Hall–Kier alpha value is -2.96. The summed E-state index contributed by atoms with van der Waals surface area (Å²) in [7, 11) is 1.97. The Morgan fingerprint density at radius 3 is 2.31 bits per heavy atom. The van der Waals surface area contributed by atoms with Crippen LogP contribution in [0.25, 0.3) is 16.9 Å². The van der Waals surface area contributed by atoms with Crippen molar-refractivity contribution in [2.24, 2.45) is 0 Å². The molecule has 3 aromatic rings. The molecule has 0 aliphatic heterocycles. The van der Waals surface area contributed by atoms with Gasteiger partial charge in [0.25, 0.3) is 0 Å². The van der Waals surface area contributed by atoms with Crippen LogP contribution < -0.4 is 10.6 Å². The summed E-state index contributed by atoms with van der Waals surface area (Å²) in [5.41, 5.74) is 4.21. The highest BCUT2D eigenvalue weighted by Crippen LogP contribution is 2.24. The van der Waals surface area contributed by atoms with E-state index >= 15 is 0 Å². The van der Waals surface area contributed by atoms with Gasteiger partial charge in [-0.2, -0.15) is 5.10 Å². The van der Waals surface area contributed by atoms with Crippen molar-refractivity contribution in [3.63, 3.8) is 0 Å². The standard InChI is InChI=1S/C26H35N5O/c1-26(2,3)28-17-11-16-27-24(32)20-30(4)18-22-19-31(23-14-9-6-10-15-23)29-25(22)21-12-7-5-8-13-21/h5-10,12-15,19,28H,11,16-18,20H2,1-4H3,(H,27,32). The van der Waals surface area contributed by atoms with Crippen LogP contribution in [0, 0.1) is 0 Å². The van der Waals surface area contributed by atoms with Crippen molar-refractivity contribution in [1.29, 1.82) is 0 Å². The lowest BCUT2D eigenvalue weighted by Crippen LogP contribution is -2.39. The number of carbonyl (C=O) groups is 1. The molecule has 0 aliphatic rings. The molecule has 0 saturated carbocycles. The molecule has 3 rings (SSSR count). The number of hydrogen-bond donors (Lipinski definition) is 2. The lowest BCUT2D eigenvalue weighted by molar-refractivity contribution is -0.122. The number of nitrogens with one attached hydrogen (secondary N) is 2. The molecule has 6 heteroatoms. The van der Waals surface area contributed by atoms with Crippen LogP contribution in [0.3, 0.4) is 0 Å². The highest BCUT2D eigenvalue weighted by atomic mass is 16.2. The molecule has 0 unspecified atom stereocenters. The first-order chi connectivity index (χ1) is 15.3. The first-order valence-corrected chi connectivity index (χ1v) is 11.2. The van der Waals surface area contributed by atoms with Crippen LogP contribution in [-0.4, -0.2) is 52.8 Å². The van der Waals surface area contributed by atoms with E-state index in [1.807, 2.05) is 65.2 Å². The summed E-state index contributed by atoms with van der Waals surface area (Å²) in [6.45, 7) is 8.97. The van der Waals surface area contributed by atoms with Crippen LogP contribution in [0.1, 0.15) is 32.8 Å². The van der Waals surface area contributed by atoms with E-state index in [2.05, 4.69) is 49.7 Å². The number of hydrogen-bond acceptors (Lipinski definition) is 4. The van der Waals surface area contributed by atoms with Gasteiger partial charge < -0.3 is 10.6 Å². The molecule has 1 amide bonds. The normalized spacial score (nSPS) is 11.7. The molecular weight excluding hydrogens is 398 g/mol. The summed E-state index contributed by atoms with van der Waals surface area (Å²) in [6.07, 6.45) is 2.97. The molecule has 0 radical (unpaired) electrons. The Bertz CT molecular complexity index is 976. The van der Waals surface area contributed by atoms with Crippen LogP contribution in [0.2, 0.25) is 0 Å². The third kappa shape index (κ3) is 7.32. The largest absolute Gasteiger partial charge is 0.355 e. The van der Waals surface area contributed by atoms with Crippen LogP contribution in [-0.2, 0) is 11.3 Å². The molecule has 2 aromatic carbocycles. The number of carbonyl (C=O) groups excluding carboxylic acids is 1. The smallest absolute Gasteiger partial charge is 0.234 e. The molecule has 0 atom stereocenters. The second kappa shape index (κ2) is 11.1. The second-order valence-electron chi connectivity index (χ2n) is 9.20. The Balaban J connectivity index is 1.61. The van der Waals surface area contributed by atoms with Crippen molar-refractivity contribution in [2.75, 3.05) is 26.7 Å². The van der Waals surface area contributed by atoms with Gasteiger partial charge in [-0.25, -0.2) is 4.68 Å². The molecule has 0 aliphatic carbocycles. The Kier molecular flexibility index (Phi) is 8.20. The van der Waals surface area contributed by atoms with Gasteiger partial charge in [0.15, 0.2) is 0 Å². The van der Waals surface area contributed by atoms with E-state index in [-0.39, 0.29) is 11.4 Å². The molecule has 1 heterocycles. The predicted molar refractivity (Wildman–Crippen MR) is 131 cm³/mol. The quantitative estimate of drug-likeness (QED) is 0.477. The van der Waals surface area contributed by atoms with Crippen molar-refractivity contribution in [1.82, 2.24) is 25.3 Å². The van der Waals surface area contributed by atoms with Crippen molar-refractivity contribution in [2.45, 2.75) is 39.3 Å². The van der Waals surface area contributed by atoms with Gasteiger partial charge in [0.05, 0.1) is 17.9 Å². The van der Waals surface area contributed by atoms with E-state index in [1.165, 1.54) is 0 Å². The average molecular weight is 434 g/mol. The minimum atomic E-state index is 0.0416. The van der Waals surface area contributed by atoms with Gasteiger partial charge in [-0.3, -0.25) is 9.69 Å². The first kappa shape index (κ1) is 23.7. The highest BCUT2D eigenvalue weighted by molar-refractivity contribution is 5.78. The maximum atomic E-state index is 12.4. The Morgan fingerprint density at radius 2 is 1.66 bits per heavy atom. The lowest BCUT2D eigenvalue weighted by atomic mass is 10.1. The molecule has 0 spiro atoms. The minimum absolute atomic E-state index is 0.0416. The number of benzene rings is 2. The second-order valence-corrected chi connectivity index (χ2v) is 9.20. The number of likely N-dealkylation sites (N-methyl/N-ethyl adjacent to an activating group) is 1. The lowest BCUT2D eigenvalue weighted by Gasteiger charge is -2.20. The zero-order valence-corrected chi connectivity index (χ0v) is 19.6. The van der Waals surface area contributed by atoms with Gasteiger partial charge in [-0.1, -0.05) is 48.5 Å². The van der Waals surface area contributed by atoms with Gasteiger partial charge in [0, 0.05) is 36.0 Å². The first-order valence-electron chi connectivity index (χ1n) is 11.2. The number of rotatable bonds is 10. The van der Waals surface area contributed by atoms with Crippen molar-refractivity contribution in [3.05, 3.63) is 72.4 Å². The highest BCUT2D eigenvalue weighted by Gasteiger charge is 2.15. The predicted octanol–water partition coefficient (Wildman–Crippen LogP) is 3.87. The van der Waals surface area contributed by atoms with Gasteiger partial charge in [0.1, 0.15) is 0 Å². The Labute approximate surface area is 191 Å². The number of para-hydroxylation sites is 1. The van der Waals surface area contributed by atoms with Crippen LogP contribution in [0.4, 0.5) is 0 Å². The number of aromatic nitrogens is 2. The fourth-order valence-electron chi connectivity index (χ4n) is 3.50. The van der Waals surface area contributed by atoms with E-state index in [0.717, 1.165) is 35.5 Å². The van der Waals surface area contributed by atoms with Crippen molar-refractivity contribution < 1.29 is 4.79 Å². The summed E-state index contributed by atoms with van der Waals surface area (Å²) in [5.74, 6) is 0.0416. The van der Waals surface area contributed by atoms with E-state index in [9.17, 15) is 4.79 Å². The molecule has 32 heavy (non-hydrogen) atoms. The van der Waals surface area contributed by atoms with Gasteiger partial charge in [-0.15, -0.1) is 0 Å². The molecular formula is C26H35N5O. The summed E-state index contributed by atoms with van der Waals surface area (Å²) in [6, 6.07) is 20.3. The van der Waals surface area contributed by atoms with E-state index in [0.29, 0.717) is 19.6 Å². The third-order valence-electron chi connectivity index (χ3n) is 5.04. The van der Waals surface area contributed by atoms with Crippen LogP contribution in [0.15, 0.2) is 66.9 Å². The molecule has 1 aromatic heterocycles. The minimum Gasteiger partial charge on any atom is -0.355 e. The fraction of sp³-hybridized carbons (Fsp3) is 0.385. The maximum absolute atomic E-state index is 12.4. The summed E-state index contributed by atoms with van der Waals surface area (Å²) < 4.78 is 1.91. The summed E-state index contributed by atoms with van der Waals surface area (Å²) in [5, 5.41) is 11.3. The van der Waals surface area contributed by atoms with Gasteiger partial charge in [-0.05, 0) is 52.9 Å². The molecule has 2 N–H and O–H groups in total. The number of nitrogens with zero attached hydrogens (tertiary/aromatic N) is 3. The fourth-order valence-corrected chi connectivity index (χ4v) is 3.50. The van der Waals surface area contributed by atoms with Gasteiger partial charge in [0.2, 0.25) is 5.91 Å². The van der Waals surface area contributed by atoms with Crippen molar-refractivity contribution in [3.8, 4) is 16.9 Å². The third-order valence-corrected chi connectivity index (χ3v) is 5.04. The molecule has 0 bridgehead atoms. The topological polar surface area (TPSA) is 62.2 Å². The summed E-state index contributed by atoms with van der Waals surface area (Å²) >= 11 is 0. The van der Waals surface area contributed by atoms with Gasteiger partial charge >= 0.3 is 0 Å². The summed E-state index contributed by atoms with van der Waals surface area (Å²) in [4.78, 5) is 14.4. The van der Waals surface area contributed by atoms with Crippen molar-refractivity contribution >= 4 is 5.91 Å². The van der Waals surface area contributed by atoms with E-state index in [4.69, 9.17) is 5.10 Å². The Morgan fingerprint density at radius 1 is 1.00 bits per heavy atom. The zero-order valence-electron chi connectivity index (χ0n) is 19.6. The molecule has 0 saturated heterocycles. The average Bonchev–Trinajstić information content (AvgIpc) is 3.17. The van der Waals surface area contributed by atoms with E-state index < -0.39 is 0 Å². The SMILES string of the molecule is CN(CC(=O)NCCCNC(C)(C)C)Cc1cn(-c2ccccc2)nc1-c1ccccc1. The molecule has 170 valence electrons. The zero-order chi connectivity index (χ0) is 23.0. The molecule has 6 nitrogen and oxygen atoms in total. The maximum Gasteiger partial charge on any atom is 0.234 e. The van der Waals surface area contributed by atoms with Crippen LogP contribution >= 0.6 is 0 Å². The van der Waals surface area contributed by atoms with E-state index in [1.54, 1.807) is 0 Å². The van der Waals surface area contributed by atoms with Crippen LogP contribution in [0.5, 0.6) is 0 Å². The number of amides is 1.